The monoisotopic (exact) mass is 280 g/mol. The number of benzene rings is 1. The van der Waals surface area contributed by atoms with Crippen LogP contribution in [-0.4, -0.2) is 11.0 Å². The maximum absolute atomic E-state index is 5.80. The molecule has 0 saturated carbocycles. The van der Waals surface area contributed by atoms with E-state index < -0.39 is 0 Å². The Morgan fingerprint density at radius 2 is 2.11 bits per heavy atom. The number of hydrogen-bond donors (Lipinski definition) is 1. The van der Waals surface area contributed by atoms with Crippen molar-refractivity contribution < 1.29 is 0 Å². The Morgan fingerprint density at radius 3 is 2.78 bits per heavy atom. The van der Waals surface area contributed by atoms with E-state index in [1.165, 1.54) is 21.8 Å². The van der Waals surface area contributed by atoms with Crippen molar-refractivity contribution in [3.05, 3.63) is 51.4 Å². The van der Waals surface area contributed by atoms with Gasteiger partial charge in [-0.05, 0) is 25.3 Å². The van der Waals surface area contributed by atoms with Gasteiger partial charge in [0.15, 0.2) is 4.47 Å². The molecular formula is C14H17ClN2S. The van der Waals surface area contributed by atoms with Gasteiger partial charge in [-0.25, -0.2) is 4.98 Å². The van der Waals surface area contributed by atoms with Crippen molar-refractivity contribution >= 4 is 22.9 Å². The Hall–Kier alpha value is -0.900. The summed E-state index contributed by atoms with van der Waals surface area (Å²) in [6.45, 7) is 3.06. The fourth-order valence-electron chi connectivity index (χ4n) is 1.77. The van der Waals surface area contributed by atoms with E-state index in [1.807, 2.05) is 6.20 Å². The molecule has 1 heterocycles. The lowest BCUT2D eigenvalue weighted by atomic mass is 10.1. The Kier molecular flexibility index (Phi) is 5.17. The molecule has 2 rings (SSSR count). The van der Waals surface area contributed by atoms with Gasteiger partial charge in [0.2, 0.25) is 0 Å². The zero-order valence-electron chi connectivity index (χ0n) is 10.4. The first-order valence-corrected chi connectivity index (χ1v) is 7.31. The van der Waals surface area contributed by atoms with Crippen LogP contribution in [-0.2, 0) is 13.0 Å². The van der Waals surface area contributed by atoms with Gasteiger partial charge in [0.05, 0.1) is 0 Å². The van der Waals surface area contributed by atoms with E-state index in [-0.39, 0.29) is 0 Å². The van der Waals surface area contributed by atoms with Crippen LogP contribution in [0.15, 0.2) is 36.5 Å². The fourth-order valence-corrected chi connectivity index (χ4v) is 2.70. The number of thiazole rings is 1. The summed E-state index contributed by atoms with van der Waals surface area (Å²) in [5, 5.41) is 3.49. The van der Waals surface area contributed by atoms with Gasteiger partial charge in [0, 0.05) is 23.7 Å². The molecule has 1 unspecified atom stereocenters. The third-order valence-electron chi connectivity index (χ3n) is 2.86. The Morgan fingerprint density at radius 1 is 1.33 bits per heavy atom. The standard InChI is InChI=1S/C14H17ClN2S/c1-11(7-8-12-5-3-2-4-6-12)16-9-13-10-17-14(15)18-13/h2-6,10-11,16H,7-9H2,1H3. The van der Waals surface area contributed by atoms with Crippen LogP contribution in [0.3, 0.4) is 0 Å². The molecule has 2 aromatic rings. The van der Waals surface area contributed by atoms with Crippen molar-refractivity contribution in [3.63, 3.8) is 0 Å². The molecule has 0 spiro atoms. The molecule has 0 aliphatic heterocycles. The molecule has 0 saturated heterocycles. The molecule has 0 aliphatic rings. The predicted octanol–water partition coefficient (Wildman–Crippen LogP) is 3.91. The van der Waals surface area contributed by atoms with Gasteiger partial charge in [0.25, 0.3) is 0 Å². The number of aryl methyl sites for hydroxylation is 1. The number of rotatable bonds is 6. The van der Waals surface area contributed by atoms with Crippen LogP contribution in [0.2, 0.25) is 4.47 Å². The normalized spacial score (nSPS) is 12.6. The smallest absolute Gasteiger partial charge is 0.183 e. The minimum absolute atomic E-state index is 0.492. The molecule has 0 aliphatic carbocycles. The van der Waals surface area contributed by atoms with E-state index >= 15 is 0 Å². The Bertz CT molecular complexity index is 470. The van der Waals surface area contributed by atoms with E-state index in [0.717, 1.165) is 19.4 Å². The molecule has 0 radical (unpaired) electrons. The SMILES string of the molecule is CC(CCc1ccccc1)NCc1cnc(Cl)s1. The highest BCUT2D eigenvalue weighted by Gasteiger charge is 2.04. The van der Waals surface area contributed by atoms with Crippen molar-refractivity contribution in [2.75, 3.05) is 0 Å². The number of hydrogen-bond acceptors (Lipinski definition) is 3. The van der Waals surface area contributed by atoms with Crippen molar-refractivity contribution in [1.29, 1.82) is 0 Å². The lowest BCUT2D eigenvalue weighted by Gasteiger charge is -2.12. The molecule has 18 heavy (non-hydrogen) atoms. The molecule has 1 N–H and O–H groups in total. The largest absolute Gasteiger partial charge is 0.309 e. The van der Waals surface area contributed by atoms with Crippen LogP contribution in [0.1, 0.15) is 23.8 Å². The summed E-state index contributed by atoms with van der Waals surface area (Å²) in [7, 11) is 0. The summed E-state index contributed by atoms with van der Waals surface area (Å²) in [6.07, 6.45) is 4.08. The van der Waals surface area contributed by atoms with E-state index in [1.54, 1.807) is 0 Å². The zero-order valence-corrected chi connectivity index (χ0v) is 12.0. The van der Waals surface area contributed by atoms with Crippen LogP contribution >= 0.6 is 22.9 Å². The minimum atomic E-state index is 0.492. The van der Waals surface area contributed by atoms with Gasteiger partial charge in [-0.3, -0.25) is 0 Å². The van der Waals surface area contributed by atoms with Crippen LogP contribution in [0.4, 0.5) is 0 Å². The molecule has 1 aromatic carbocycles. The highest BCUT2D eigenvalue weighted by atomic mass is 35.5. The Balaban J connectivity index is 1.71. The summed E-state index contributed by atoms with van der Waals surface area (Å²) < 4.78 is 0.615. The van der Waals surface area contributed by atoms with E-state index in [0.29, 0.717) is 10.5 Å². The molecule has 96 valence electrons. The van der Waals surface area contributed by atoms with Crippen molar-refractivity contribution in [2.24, 2.45) is 0 Å². The van der Waals surface area contributed by atoms with Crippen LogP contribution < -0.4 is 5.32 Å². The Labute approximate surface area is 117 Å². The number of aromatic nitrogens is 1. The van der Waals surface area contributed by atoms with Crippen LogP contribution in [0.5, 0.6) is 0 Å². The maximum atomic E-state index is 5.80. The average molecular weight is 281 g/mol. The molecule has 0 amide bonds. The molecule has 0 bridgehead atoms. The van der Waals surface area contributed by atoms with Crippen molar-refractivity contribution in [1.82, 2.24) is 10.3 Å². The second-order valence-electron chi connectivity index (χ2n) is 4.39. The maximum Gasteiger partial charge on any atom is 0.183 e. The van der Waals surface area contributed by atoms with Gasteiger partial charge >= 0.3 is 0 Å². The topological polar surface area (TPSA) is 24.9 Å². The van der Waals surface area contributed by atoms with Crippen LogP contribution in [0.25, 0.3) is 0 Å². The summed E-state index contributed by atoms with van der Waals surface area (Å²) in [4.78, 5) is 5.22. The van der Waals surface area contributed by atoms with Gasteiger partial charge in [-0.1, -0.05) is 41.9 Å². The molecule has 1 atom stereocenters. The molecule has 1 aromatic heterocycles. The third-order valence-corrected chi connectivity index (χ3v) is 3.97. The molecular weight excluding hydrogens is 264 g/mol. The summed E-state index contributed by atoms with van der Waals surface area (Å²) >= 11 is 7.33. The number of halogens is 1. The third kappa shape index (κ3) is 4.41. The fraction of sp³-hybridized carbons (Fsp3) is 0.357. The van der Waals surface area contributed by atoms with Gasteiger partial charge in [0.1, 0.15) is 0 Å². The molecule has 2 nitrogen and oxygen atoms in total. The lowest BCUT2D eigenvalue weighted by molar-refractivity contribution is 0.516. The predicted molar refractivity (Wildman–Crippen MR) is 78.2 cm³/mol. The van der Waals surface area contributed by atoms with E-state index in [2.05, 4.69) is 47.6 Å². The quantitative estimate of drug-likeness (QED) is 0.868. The highest BCUT2D eigenvalue weighted by molar-refractivity contribution is 7.15. The van der Waals surface area contributed by atoms with Gasteiger partial charge < -0.3 is 5.32 Å². The zero-order chi connectivity index (χ0) is 12.8. The second-order valence-corrected chi connectivity index (χ2v) is 6.08. The molecule has 4 heteroatoms. The summed E-state index contributed by atoms with van der Waals surface area (Å²) in [5.74, 6) is 0. The lowest BCUT2D eigenvalue weighted by Crippen LogP contribution is -2.25. The van der Waals surface area contributed by atoms with Crippen LogP contribution in [0, 0.1) is 0 Å². The van der Waals surface area contributed by atoms with Crippen molar-refractivity contribution in [3.8, 4) is 0 Å². The van der Waals surface area contributed by atoms with Gasteiger partial charge in [-0.15, -0.1) is 11.3 Å². The van der Waals surface area contributed by atoms with Gasteiger partial charge in [-0.2, -0.15) is 0 Å². The first-order chi connectivity index (χ1) is 8.74. The number of nitrogens with one attached hydrogen (secondary N) is 1. The highest BCUT2D eigenvalue weighted by Crippen LogP contribution is 2.17. The average Bonchev–Trinajstić information content (AvgIpc) is 2.81. The second kappa shape index (κ2) is 6.88. The summed E-state index contributed by atoms with van der Waals surface area (Å²) in [5.41, 5.74) is 1.40. The minimum Gasteiger partial charge on any atom is -0.309 e. The summed E-state index contributed by atoms with van der Waals surface area (Å²) in [6, 6.07) is 11.1. The van der Waals surface area contributed by atoms with E-state index in [4.69, 9.17) is 11.6 Å². The molecule has 0 fully saturated rings. The number of nitrogens with zero attached hydrogens (tertiary/aromatic N) is 1. The first-order valence-electron chi connectivity index (χ1n) is 6.11. The van der Waals surface area contributed by atoms with E-state index in [9.17, 15) is 0 Å². The van der Waals surface area contributed by atoms with Crippen molar-refractivity contribution in [2.45, 2.75) is 32.4 Å². The first kappa shape index (κ1) is 13.5.